The SMILES string of the molecule is Cc1ccc(CN2CCOCC2=O)cn1. The molecule has 0 radical (unpaired) electrons. The van der Waals surface area contributed by atoms with Gasteiger partial charge < -0.3 is 9.64 Å². The quantitative estimate of drug-likeness (QED) is 0.717. The first-order valence-electron chi connectivity index (χ1n) is 5.03. The molecule has 2 rings (SSSR count). The number of aryl methyl sites for hydroxylation is 1. The smallest absolute Gasteiger partial charge is 0.248 e. The van der Waals surface area contributed by atoms with Gasteiger partial charge in [-0.15, -0.1) is 0 Å². The van der Waals surface area contributed by atoms with Gasteiger partial charge in [-0.05, 0) is 18.6 Å². The van der Waals surface area contributed by atoms with Crippen LogP contribution in [-0.4, -0.2) is 35.5 Å². The van der Waals surface area contributed by atoms with Gasteiger partial charge in [0.25, 0.3) is 0 Å². The van der Waals surface area contributed by atoms with Crippen LogP contribution in [0.1, 0.15) is 11.3 Å². The molecule has 4 nitrogen and oxygen atoms in total. The maximum Gasteiger partial charge on any atom is 0.248 e. The zero-order chi connectivity index (χ0) is 10.7. The van der Waals surface area contributed by atoms with Crippen molar-refractivity contribution in [3.05, 3.63) is 29.6 Å². The van der Waals surface area contributed by atoms with E-state index in [1.165, 1.54) is 0 Å². The molecule has 0 aromatic carbocycles. The Bertz CT molecular complexity index is 348. The molecule has 0 unspecified atom stereocenters. The van der Waals surface area contributed by atoms with Crippen LogP contribution < -0.4 is 0 Å². The van der Waals surface area contributed by atoms with Crippen LogP contribution in [0.3, 0.4) is 0 Å². The van der Waals surface area contributed by atoms with Gasteiger partial charge in [0.15, 0.2) is 0 Å². The minimum Gasteiger partial charge on any atom is -0.370 e. The third-order valence-corrected chi connectivity index (χ3v) is 2.43. The highest BCUT2D eigenvalue weighted by atomic mass is 16.5. The summed E-state index contributed by atoms with van der Waals surface area (Å²) in [6, 6.07) is 3.96. The summed E-state index contributed by atoms with van der Waals surface area (Å²) < 4.78 is 5.06. The Kier molecular flexibility index (Phi) is 2.97. The van der Waals surface area contributed by atoms with Crippen molar-refractivity contribution in [1.82, 2.24) is 9.88 Å². The summed E-state index contributed by atoms with van der Waals surface area (Å²) in [5.41, 5.74) is 2.06. The van der Waals surface area contributed by atoms with E-state index < -0.39 is 0 Å². The largest absolute Gasteiger partial charge is 0.370 e. The number of carbonyl (C=O) groups excluding carboxylic acids is 1. The molecule has 2 heterocycles. The molecular weight excluding hydrogens is 192 g/mol. The number of carbonyl (C=O) groups is 1. The topological polar surface area (TPSA) is 42.4 Å². The van der Waals surface area contributed by atoms with E-state index in [-0.39, 0.29) is 12.5 Å². The molecule has 4 heteroatoms. The van der Waals surface area contributed by atoms with Crippen LogP contribution in [0.2, 0.25) is 0 Å². The van der Waals surface area contributed by atoms with Crippen molar-refractivity contribution in [2.45, 2.75) is 13.5 Å². The molecule has 1 aliphatic heterocycles. The number of aromatic nitrogens is 1. The van der Waals surface area contributed by atoms with Crippen LogP contribution in [0.5, 0.6) is 0 Å². The van der Waals surface area contributed by atoms with Gasteiger partial charge in [-0.2, -0.15) is 0 Å². The number of nitrogens with zero attached hydrogens (tertiary/aromatic N) is 2. The van der Waals surface area contributed by atoms with Gasteiger partial charge in [0, 0.05) is 25.0 Å². The monoisotopic (exact) mass is 206 g/mol. The van der Waals surface area contributed by atoms with Crippen LogP contribution in [0.4, 0.5) is 0 Å². The number of pyridine rings is 1. The first-order chi connectivity index (χ1) is 7.25. The second-order valence-electron chi connectivity index (χ2n) is 3.68. The van der Waals surface area contributed by atoms with E-state index in [0.717, 1.165) is 11.3 Å². The number of rotatable bonds is 2. The Morgan fingerprint density at radius 2 is 2.40 bits per heavy atom. The molecule has 0 atom stereocenters. The Balaban J connectivity index is 2.01. The van der Waals surface area contributed by atoms with E-state index >= 15 is 0 Å². The molecule has 1 aliphatic rings. The van der Waals surface area contributed by atoms with Crippen molar-refractivity contribution in [1.29, 1.82) is 0 Å². The Morgan fingerprint density at radius 3 is 3.07 bits per heavy atom. The molecule has 0 N–H and O–H groups in total. The average molecular weight is 206 g/mol. The van der Waals surface area contributed by atoms with E-state index in [9.17, 15) is 4.79 Å². The number of ether oxygens (including phenoxy) is 1. The second-order valence-corrected chi connectivity index (χ2v) is 3.68. The standard InChI is InChI=1S/C11H14N2O2/c1-9-2-3-10(6-12-9)7-13-4-5-15-8-11(13)14/h2-3,6H,4-5,7-8H2,1H3. The van der Waals surface area contributed by atoms with E-state index in [2.05, 4.69) is 4.98 Å². The van der Waals surface area contributed by atoms with Gasteiger partial charge in [0.1, 0.15) is 6.61 Å². The van der Waals surface area contributed by atoms with Crippen LogP contribution in [0.25, 0.3) is 0 Å². The highest BCUT2D eigenvalue weighted by molar-refractivity contribution is 5.77. The van der Waals surface area contributed by atoms with Gasteiger partial charge in [-0.3, -0.25) is 9.78 Å². The van der Waals surface area contributed by atoms with E-state index in [0.29, 0.717) is 19.7 Å². The van der Waals surface area contributed by atoms with Crippen molar-refractivity contribution in [2.24, 2.45) is 0 Å². The van der Waals surface area contributed by atoms with Crippen molar-refractivity contribution < 1.29 is 9.53 Å². The summed E-state index contributed by atoms with van der Waals surface area (Å²) in [7, 11) is 0. The first-order valence-corrected chi connectivity index (χ1v) is 5.03. The Hall–Kier alpha value is -1.42. The lowest BCUT2D eigenvalue weighted by Crippen LogP contribution is -2.40. The van der Waals surface area contributed by atoms with Crippen molar-refractivity contribution >= 4 is 5.91 Å². The fraction of sp³-hybridized carbons (Fsp3) is 0.455. The molecule has 1 amide bonds. The fourth-order valence-electron chi connectivity index (χ4n) is 1.53. The molecular formula is C11H14N2O2. The second kappa shape index (κ2) is 4.40. The van der Waals surface area contributed by atoms with Crippen LogP contribution in [0.15, 0.2) is 18.3 Å². The summed E-state index contributed by atoms with van der Waals surface area (Å²) in [4.78, 5) is 17.4. The molecule has 1 aromatic heterocycles. The molecule has 0 bridgehead atoms. The molecule has 0 aliphatic carbocycles. The Morgan fingerprint density at radius 1 is 1.53 bits per heavy atom. The molecule has 15 heavy (non-hydrogen) atoms. The van der Waals surface area contributed by atoms with Gasteiger partial charge in [0.2, 0.25) is 5.91 Å². The number of hydrogen-bond donors (Lipinski definition) is 0. The molecule has 1 fully saturated rings. The number of hydrogen-bond acceptors (Lipinski definition) is 3. The van der Waals surface area contributed by atoms with E-state index in [1.54, 1.807) is 4.90 Å². The van der Waals surface area contributed by atoms with Crippen molar-refractivity contribution in [3.63, 3.8) is 0 Å². The predicted molar refractivity (Wildman–Crippen MR) is 55.2 cm³/mol. The predicted octanol–water partition coefficient (Wildman–Crippen LogP) is 0.749. The number of amides is 1. The van der Waals surface area contributed by atoms with Crippen molar-refractivity contribution in [2.75, 3.05) is 19.8 Å². The van der Waals surface area contributed by atoms with Crippen LogP contribution in [-0.2, 0) is 16.1 Å². The summed E-state index contributed by atoms with van der Waals surface area (Å²) in [6.45, 7) is 4.09. The van der Waals surface area contributed by atoms with E-state index in [4.69, 9.17) is 4.74 Å². The summed E-state index contributed by atoms with van der Waals surface area (Å²) in [6.07, 6.45) is 1.82. The van der Waals surface area contributed by atoms with Gasteiger partial charge in [-0.25, -0.2) is 0 Å². The van der Waals surface area contributed by atoms with Gasteiger partial charge in [-0.1, -0.05) is 6.07 Å². The van der Waals surface area contributed by atoms with Crippen molar-refractivity contribution in [3.8, 4) is 0 Å². The third-order valence-electron chi connectivity index (χ3n) is 2.43. The molecule has 0 saturated carbocycles. The highest BCUT2D eigenvalue weighted by Gasteiger charge is 2.18. The first kappa shape index (κ1) is 10.1. The normalized spacial score (nSPS) is 16.9. The van der Waals surface area contributed by atoms with Crippen LogP contribution in [0, 0.1) is 6.92 Å². The Labute approximate surface area is 88.9 Å². The average Bonchev–Trinajstić information content (AvgIpc) is 2.25. The maximum absolute atomic E-state index is 11.4. The minimum atomic E-state index is 0.0572. The fourth-order valence-corrected chi connectivity index (χ4v) is 1.53. The number of morpholine rings is 1. The zero-order valence-corrected chi connectivity index (χ0v) is 8.77. The lowest BCUT2D eigenvalue weighted by atomic mass is 10.2. The minimum absolute atomic E-state index is 0.0572. The molecule has 0 spiro atoms. The highest BCUT2D eigenvalue weighted by Crippen LogP contribution is 2.07. The van der Waals surface area contributed by atoms with Gasteiger partial charge >= 0.3 is 0 Å². The lowest BCUT2D eigenvalue weighted by molar-refractivity contribution is -0.143. The maximum atomic E-state index is 11.4. The van der Waals surface area contributed by atoms with Gasteiger partial charge in [0.05, 0.1) is 6.61 Å². The van der Waals surface area contributed by atoms with E-state index in [1.807, 2.05) is 25.3 Å². The zero-order valence-electron chi connectivity index (χ0n) is 8.77. The molecule has 1 saturated heterocycles. The summed E-state index contributed by atoms with van der Waals surface area (Å²) in [5.74, 6) is 0.0572. The lowest BCUT2D eigenvalue weighted by Gasteiger charge is -2.26. The third kappa shape index (κ3) is 2.53. The molecule has 1 aromatic rings. The van der Waals surface area contributed by atoms with Crippen LogP contribution >= 0.6 is 0 Å². The summed E-state index contributed by atoms with van der Waals surface area (Å²) >= 11 is 0. The summed E-state index contributed by atoms with van der Waals surface area (Å²) in [5, 5.41) is 0. The molecule has 80 valence electrons.